The first kappa shape index (κ1) is 16.2. The Morgan fingerprint density at radius 2 is 1.82 bits per heavy atom. The van der Waals surface area contributed by atoms with Crippen molar-refractivity contribution >= 4 is 11.7 Å². The molecule has 0 atom stereocenters. The number of carbonyl (C=O) groups is 1. The maximum atomic E-state index is 12.0. The number of hydrogen-bond donors (Lipinski definition) is 1. The molecule has 1 amide bonds. The quantitative estimate of drug-likeness (QED) is 0.916. The molecule has 0 saturated carbocycles. The fraction of sp³-hybridized carbons (Fsp3) is 0.368. The summed E-state index contributed by atoms with van der Waals surface area (Å²) < 4.78 is 0. The second-order valence-corrected chi connectivity index (χ2v) is 6.66. The zero-order chi connectivity index (χ0) is 16.2. The molecule has 22 heavy (non-hydrogen) atoms. The molecule has 3 heteroatoms. The van der Waals surface area contributed by atoms with Crippen LogP contribution in [0.2, 0.25) is 0 Å². The van der Waals surface area contributed by atoms with E-state index in [2.05, 4.69) is 55.3 Å². The van der Waals surface area contributed by atoms with E-state index < -0.39 is 0 Å². The summed E-state index contributed by atoms with van der Waals surface area (Å²) in [5, 5.41) is 2.87. The molecule has 0 saturated heterocycles. The molecule has 0 bridgehead atoms. The standard InChI is InChI=1S/C19H24N2O/c1-14-6-5-13-20-18(14)21-17(22)12-9-15-7-10-16(11-8-15)19(2,3)4/h5-8,10-11,13H,9,12H2,1-4H3,(H,20,21,22). The van der Waals surface area contributed by atoms with E-state index in [1.165, 1.54) is 11.1 Å². The highest BCUT2D eigenvalue weighted by Gasteiger charge is 2.13. The van der Waals surface area contributed by atoms with Gasteiger partial charge in [-0.15, -0.1) is 0 Å². The number of carbonyl (C=O) groups excluding carboxylic acids is 1. The SMILES string of the molecule is Cc1cccnc1NC(=O)CCc1ccc(C(C)(C)C)cc1. The van der Waals surface area contributed by atoms with Gasteiger partial charge in [-0.25, -0.2) is 4.98 Å². The third kappa shape index (κ3) is 4.42. The van der Waals surface area contributed by atoms with Gasteiger partial charge in [0, 0.05) is 12.6 Å². The predicted molar refractivity (Wildman–Crippen MR) is 91.1 cm³/mol. The minimum absolute atomic E-state index is 0.00157. The van der Waals surface area contributed by atoms with E-state index in [1.807, 2.05) is 19.1 Å². The molecule has 1 aromatic heterocycles. The van der Waals surface area contributed by atoms with Crippen LogP contribution < -0.4 is 5.32 Å². The van der Waals surface area contributed by atoms with Gasteiger partial charge in [-0.2, -0.15) is 0 Å². The first-order chi connectivity index (χ1) is 10.4. The topological polar surface area (TPSA) is 42.0 Å². The van der Waals surface area contributed by atoms with Crippen LogP contribution >= 0.6 is 0 Å². The maximum Gasteiger partial charge on any atom is 0.225 e. The molecule has 2 aromatic rings. The number of benzene rings is 1. The van der Waals surface area contributed by atoms with Crippen LogP contribution in [0.5, 0.6) is 0 Å². The summed E-state index contributed by atoms with van der Waals surface area (Å²) in [6.07, 6.45) is 2.89. The summed E-state index contributed by atoms with van der Waals surface area (Å²) in [6, 6.07) is 12.3. The highest BCUT2D eigenvalue weighted by molar-refractivity contribution is 5.90. The summed E-state index contributed by atoms with van der Waals surface area (Å²) in [6.45, 7) is 8.54. The van der Waals surface area contributed by atoms with Crippen LogP contribution in [0, 0.1) is 6.92 Å². The zero-order valence-electron chi connectivity index (χ0n) is 13.8. The van der Waals surface area contributed by atoms with Gasteiger partial charge in [-0.3, -0.25) is 4.79 Å². The average Bonchev–Trinajstić information content (AvgIpc) is 2.47. The van der Waals surface area contributed by atoms with Gasteiger partial charge in [0.15, 0.2) is 0 Å². The Labute approximate surface area is 132 Å². The van der Waals surface area contributed by atoms with Gasteiger partial charge < -0.3 is 5.32 Å². The largest absolute Gasteiger partial charge is 0.310 e. The maximum absolute atomic E-state index is 12.0. The van der Waals surface area contributed by atoms with Crippen molar-refractivity contribution < 1.29 is 4.79 Å². The van der Waals surface area contributed by atoms with Crippen molar-refractivity contribution in [3.8, 4) is 0 Å². The first-order valence-electron chi connectivity index (χ1n) is 7.67. The van der Waals surface area contributed by atoms with Gasteiger partial charge in [0.05, 0.1) is 0 Å². The third-order valence-corrected chi connectivity index (χ3v) is 3.73. The molecule has 0 unspecified atom stereocenters. The number of hydrogen-bond acceptors (Lipinski definition) is 2. The Balaban J connectivity index is 1.90. The van der Waals surface area contributed by atoms with Gasteiger partial charge in [0.2, 0.25) is 5.91 Å². The van der Waals surface area contributed by atoms with Crippen LogP contribution in [-0.4, -0.2) is 10.9 Å². The summed E-state index contributed by atoms with van der Waals surface area (Å²) >= 11 is 0. The van der Waals surface area contributed by atoms with E-state index in [4.69, 9.17) is 0 Å². The molecule has 0 aliphatic heterocycles. The second kappa shape index (κ2) is 6.73. The van der Waals surface area contributed by atoms with Crippen molar-refractivity contribution in [2.75, 3.05) is 5.32 Å². The fourth-order valence-corrected chi connectivity index (χ4v) is 2.24. The fourth-order valence-electron chi connectivity index (χ4n) is 2.24. The van der Waals surface area contributed by atoms with E-state index in [-0.39, 0.29) is 11.3 Å². The molecule has 0 spiro atoms. The molecule has 0 aliphatic rings. The number of amides is 1. The van der Waals surface area contributed by atoms with Gasteiger partial charge >= 0.3 is 0 Å². The van der Waals surface area contributed by atoms with Crippen molar-refractivity contribution in [3.05, 3.63) is 59.3 Å². The Morgan fingerprint density at radius 1 is 1.14 bits per heavy atom. The molecule has 3 nitrogen and oxygen atoms in total. The molecule has 1 heterocycles. The second-order valence-electron chi connectivity index (χ2n) is 6.66. The highest BCUT2D eigenvalue weighted by atomic mass is 16.1. The Hall–Kier alpha value is -2.16. The number of nitrogens with zero attached hydrogens (tertiary/aromatic N) is 1. The molecular weight excluding hydrogens is 272 g/mol. The number of rotatable bonds is 4. The van der Waals surface area contributed by atoms with Crippen molar-refractivity contribution in [2.45, 2.75) is 46.0 Å². The normalized spacial score (nSPS) is 11.3. The van der Waals surface area contributed by atoms with Crippen LogP contribution in [0.25, 0.3) is 0 Å². The number of anilines is 1. The molecule has 116 valence electrons. The number of aryl methyl sites for hydroxylation is 2. The monoisotopic (exact) mass is 296 g/mol. The Kier molecular flexibility index (Phi) is 4.96. The van der Waals surface area contributed by atoms with Gasteiger partial charge in [-0.1, -0.05) is 51.1 Å². The highest BCUT2D eigenvalue weighted by Crippen LogP contribution is 2.22. The Morgan fingerprint density at radius 3 is 2.41 bits per heavy atom. The number of aromatic nitrogens is 1. The van der Waals surface area contributed by atoms with Crippen molar-refractivity contribution in [1.29, 1.82) is 0 Å². The van der Waals surface area contributed by atoms with E-state index in [0.717, 1.165) is 12.0 Å². The molecule has 1 N–H and O–H groups in total. The lowest BCUT2D eigenvalue weighted by atomic mass is 9.86. The van der Waals surface area contributed by atoms with Crippen LogP contribution in [-0.2, 0) is 16.6 Å². The van der Waals surface area contributed by atoms with Gasteiger partial charge in [0.25, 0.3) is 0 Å². The van der Waals surface area contributed by atoms with Gasteiger partial charge in [-0.05, 0) is 41.5 Å². The molecule has 0 radical (unpaired) electrons. The molecule has 0 fully saturated rings. The Bertz CT molecular complexity index is 639. The lowest BCUT2D eigenvalue weighted by molar-refractivity contribution is -0.116. The number of nitrogens with one attached hydrogen (secondary N) is 1. The van der Waals surface area contributed by atoms with Gasteiger partial charge in [0.1, 0.15) is 5.82 Å². The minimum Gasteiger partial charge on any atom is -0.310 e. The first-order valence-corrected chi connectivity index (χ1v) is 7.67. The van der Waals surface area contributed by atoms with Crippen molar-refractivity contribution in [1.82, 2.24) is 4.98 Å². The van der Waals surface area contributed by atoms with Crippen LogP contribution in [0.3, 0.4) is 0 Å². The average molecular weight is 296 g/mol. The van der Waals surface area contributed by atoms with Crippen LogP contribution in [0.4, 0.5) is 5.82 Å². The minimum atomic E-state index is 0.00157. The third-order valence-electron chi connectivity index (χ3n) is 3.73. The predicted octanol–water partition coefficient (Wildman–Crippen LogP) is 4.26. The molecule has 1 aromatic carbocycles. The molecule has 0 aliphatic carbocycles. The van der Waals surface area contributed by atoms with Crippen molar-refractivity contribution in [3.63, 3.8) is 0 Å². The summed E-state index contributed by atoms with van der Waals surface area (Å²) in [5.41, 5.74) is 3.63. The number of pyridine rings is 1. The van der Waals surface area contributed by atoms with E-state index in [1.54, 1.807) is 6.20 Å². The van der Waals surface area contributed by atoms with Crippen molar-refractivity contribution in [2.24, 2.45) is 0 Å². The lowest BCUT2D eigenvalue weighted by Gasteiger charge is -2.19. The van der Waals surface area contributed by atoms with Crippen LogP contribution in [0.15, 0.2) is 42.6 Å². The summed E-state index contributed by atoms with van der Waals surface area (Å²) in [4.78, 5) is 16.2. The summed E-state index contributed by atoms with van der Waals surface area (Å²) in [5.74, 6) is 0.650. The molecule has 2 rings (SSSR count). The van der Waals surface area contributed by atoms with E-state index in [9.17, 15) is 4.79 Å². The van der Waals surface area contributed by atoms with Crippen LogP contribution in [0.1, 0.15) is 43.9 Å². The van der Waals surface area contributed by atoms with E-state index in [0.29, 0.717) is 12.2 Å². The molecular formula is C19H24N2O. The van der Waals surface area contributed by atoms with E-state index >= 15 is 0 Å². The summed E-state index contributed by atoms with van der Waals surface area (Å²) in [7, 11) is 0. The smallest absolute Gasteiger partial charge is 0.225 e. The zero-order valence-corrected chi connectivity index (χ0v) is 13.8. The lowest BCUT2D eigenvalue weighted by Crippen LogP contribution is -2.14.